The first kappa shape index (κ1) is 21.0. The molecule has 0 aliphatic heterocycles. The van der Waals surface area contributed by atoms with E-state index in [0.717, 1.165) is 25.9 Å². The van der Waals surface area contributed by atoms with Crippen molar-refractivity contribution in [3.63, 3.8) is 0 Å². The number of ether oxygens (including phenoxy) is 3. The molecule has 6 heteroatoms. The highest BCUT2D eigenvalue weighted by Gasteiger charge is 2.13. The Hall–Kier alpha value is -2.08. The summed E-state index contributed by atoms with van der Waals surface area (Å²) in [6, 6.07) is 6.70. The van der Waals surface area contributed by atoms with Crippen LogP contribution in [0.3, 0.4) is 0 Å². The SMILES string of the molecule is COCCCCCCCCNC(=O)COc1ccccc1C(=O)OC. The largest absolute Gasteiger partial charge is 0.483 e. The van der Waals surface area contributed by atoms with Gasteiger partial charge in [0.05, 0.1) is 7.11 Å². The summed E-state index contributed by atoms with van der Waals surface area (Å²) in [6.07, 6.45) is 6.71. The molecule has 0 bridgehead atoms. The fraction of sp³-hybridized carbons (Fsp3) is 0.579. The van der Waals surface area contributed by atoms with E-state index in [1.807, 2.05) is 0 Å². The molecule has 0 saturated carbocycles. The van der Waals surface area contributed by atoms with Crippen LogP contribution in [0.1, 0.15) is 48.9 Å². The molecule has 25 heavy (non-hydrogen) atoms. The van der Waals surface area contributed by atoms with Gasteiger partial charge in [0.25, 0.3) is 5.91 Å². The standard InChI is InChI=1S/C19H29NO5/c1-23-14-10-6-4-3-5-9-13-20-18(21)15-25-17-12-8-7-11-16(17)19(22)24-2/h7-8,11-12H,3-6,9-10,13-15H2,1-2H3,(H,20,21). The molecular weight excluding hydrogens is 322 g/mol. The van der Waals surface area contributed by atoms with Crippen LogP contribution in [-0.4, -0.2) is 45.9 Å². The molecular formula is C19H29NO5. The van der Waals surface area contributed by atoms with Crippen molar-refractivity contribution in [3.05, 3.63) is 29.8 Å². The summed E-state index contributed by atoms with van der Waals surface area (Å²) in [5.41, 5.74) is 0.311. The Kier molecular flexibility index (Phi) is 11.1. The van der Waals surface area contributed by atoms with Gasteiger partial charge in [0.15, 0.2) is 6.61 Å². The Morgan fingerprint density at radius 3 is 2.36 bits per heavy atom. The maximum Gasteiger partial charge on any atom is 0.341 e. The average molecular weight is 351 g/mol. The van der Waals surface area contributed by atoms with E-state index in [2.05, 4.69) is 5.32 Å². The monoisotopic (exact) mass is 351 g/mol. The quantitative estimate of drug-likeness (QED) is 0.437. The number of rotatable bonds is 13. The van der Waals surface area contributed by atoms with E-state index in [1.165, 1.54) is 26.4 Å². The Morgan fingerprint density at radius 2 is 1.64 bits per heavy atom. The Morgan fingerprint density at radius 1 is 0.960 bits per heavy atom. The van der Waals surface area contributed by atoms with E-state index in [4.69, 9.17) is 14.2 Å². The number of methoxy groups -OCH3 is 2. The average Bonchev–Trinajstić information content (AvgIpc) is 2.64. The number of carbonyl (C=O) groups excluding carboxylic acids is 2. The number of carbonyl (C=O) groups is 2. The van der Waals surface area contributed by atoms with Crippen LogP contribution in [0.25, 0.3) is 0 Å². The number of hydrogen-bond donors (Lipinski definition) is 1. The second kappa shape index (κ2) is 13.2. The van der Waals surface area contributed by atoms with Crippen LogP contribution >= 0.6 is 0 Å². The molecule has 1 aromatic carbocycles. The summed E-state index contributed by atoms with van der Waals surface area (Å²) >= 11 is 0. The van der Waals surface area contributed by atoms with Crippen LogP contribution < -0.4 is 10.1 Å². The van der Waals surface area contributed by atoms with Crippen molar-refractivity contribution >= 4 is 11.9 Å². The zero-order valence-corrected chi connectivity index (χ0v) is 15.2. The molecule has 0 saturated heterocycles. The van der Waals surface area contributed by atoms with E-state index in [1.54, 1.807) is 31.4 Å². The third kappa shape index (κ3) is 9.10. The number of nitrogens with one attached hydrogen (secondary N) is 1. The fourth-order valence-corrected chi connectivity index (χ4v) is 2.37. The molecule has 0 heterocycles. The van der Waals surface area contributed by atoms with Gasteiger partial charge in [-0.2, -0.15) is 0 Å². The van der Waals surface area contributed by atoms with Gasteiger partial charge in [-0.1, -0.05) is 37.8 Å². The first-order valence-electron chi connectivity index (χ1n) is 8.74. The maximum absolute atomic E-state index is 11.8. The summed E-state index contributed by atoms with van der Waals surface area (Å²) in [6.45, 7) is 1.35. The minimum atomic E-state index is -0.485. The van der Waals surface area contributed by atoms with Gasteiger partial charge >= 0.3 is 5.97 Å². The minimum absolute atomic E-state index is 0.120. The molecule has 6 nitrogen and oxygen atoms in total. The van der Waals surface area contributed by atoms with E-state index in [0.29, 0.717) is 17.9 Å². The van der Waals surface area contributed by atoms with Crippen molar-refractivity contribution in [1.29, 1.82) is 0 Å². The molecule has 140 valence electrons. The Balaban J connectivity index is 2.14. The second-order valence-corrected chi connectivity index (χ2v) is 5.74. The first-order chi connectivity index (χ1) is 12.2. The molecule has 0 fully saturated rings. The van der Waals surface area contributed by atoms with Gasteiger partial charge < -0.3 is 19.5 Å². The minimum Gasteiger partial charge on any atom is -0.483 e. The second-order valence-electron chi connectivity index (χ2n) is 5.74. The fourth-order valence-electron chi connectivity index (χ4n) is 2.37. The maximum atomic E-state index is 11.8. The predicted molar refractivity (Wildman–Crippen MR) is 95.9 cm³/mol. The highest BCUT2D eigenvalue weighted by Crippen LogP contribution is 2.18. The molecule has 0 aliphatic carbocycles. The molecule has 0 radical (unpaired) electrons. The molecule has 0 spiro atoms. The van der Waals surface area contributed by atoms with E-state index in [-0.39, 0.29) is 12.5 Å². The molecule has 0 atom stereocenters. The van der Waals surface area contributed by atoms with Crippen molar-refractivity contribution in [1.82, 2.24) is 5.32 Å². The Labute approximate surface area is 149 Å². The highest BCUT2D eigenvalue weighted by atomic mass is 16.5. The molecule has 0 aliphatic rings. The topological polar surface area (TPSA) is 73.9 Å². The number of esters is 1. The van der Waals surface area contributed by atoms with Gasteiger partial charge in [0.2, 0.25) is 0 Å². The van der Waals surface area contributed by atoms with Crippen molar-refractivity contribution in [2.24, 2.45) is 0 Å². The molecule has 0 aromatic heterocycles. The van der Waals surface area contributed by atoms with E-state index in [9.17, 15) is 9.59 Å². The smallest absolute Gasteiger partial charge is 0.341 e. The van der Waals surface area contributed by atoms with Crippen molar-refractivity contribution < 1.29 is 23.8 Å². The lowest BCUT2D eigenvalue weighted by Crippen LogP contribution is -2.29. The summed E-state index contributed by atoms with van der Waals surface area (Å²) < 4.78 is 15.1. The van der Waals surface area contributed by atoms with Crippen LogP contribution in [0.5, 0.6) is 5.75 Å². The van der Waals surface area contributed by atoms with Crippen molar-refractivity contribution in [2.75, 3.05) is 34.0 Å². The highest BCUT2D eigenvalue weighted by molar-refractivity contribution is 5.92. The number of benzene rings is 1. The van der Waals surface area contributed by atoms with Crippen molar-refractivity contribution in [2.45, 2.75) is 38.5 Å². The zero-order valence-electron chi connectivity index (χ0n) is 15.2. The first-order valence-corrected chi connectivity index (χ1v) is 8.74. The zero-order chi connectivity index (χ0) is 18.3. The third-order valence-corrected chi connectivity index (χ3v) is 3.75. The molecule has 1 amide bonds. The van der Waals surface area contributed by atoms with Crippen LogP contribution in [0, 0.1) is 0 Å². The van der Waals surface area contributed by atoms with Gasteiger partial charge in [-0.15, -0.1) is 0 Å². The Bertz CT molecular complexity index is 518. The van der Waals surface area contributed by atoms with Gasteiger partial charge in [-0.3, -0.25) is 4.79 Å². The normalized spacial score (nSPS) is 10.3. The predicted octanol–water partition coefficient (Wildman–Crippen LogP) is 2.96. The lowest BCUT2D eigenvalue weighted by molar-refractivity contribution is -0.123. The number of amides is 1. The van der Waals surface area contributed by atoms with Gasteiger partial charge in [-0.25, -0.2) is 4.79 Å². The van der Waals surface area contributed by atoms with Crippen molar-refractivity contribution in [3.8, 4) is 5.75 Å². The third-order valence-electron chi connectivity index (χ3n) is 3.75. The summed E-state index contributed by atoms with van der Waals surface area (Å²) in [7, 11) is 3.03. The van der Waals surface area contributed by atoms with Crippen LogP contribution in [0.15, 0.2) is 24.3 Å². The van der Waals surface area contributed by atoms with Gasteiger partial charge in [-0.05, 0) is 25.0 Å². The van der Waals surface area contributed by atoms with Crippen LogP contribution in [0.2, 0.25) is 0 Å². The number of unbranched alkanes of at least 4 members (excludes halogenated alkanes) is 5. The van der Waals surface area contributed by atoms with Gasteiger partial charge in [0, 0.05) is 20.3 Å². The number of hydrogen-bond acceptors (Lipinski definition) is 5. The lowest BCUT2D eigenvalue weighted by atomic mass is 10.1. The van der Waals surface area contributed by atoms with Gasteiger partial charge in [0.1, 0.15) is 11.3 Å². The summed E-state index contributed by atoms with van der Waals surface area (Å²) in [4.78, 5) is 23.4. The molecule has 0 unspecified atom stereocenters. The van der Waals surface area contributed by atoms with E-state index < -0.39 is 5.97 Å². The summed E-state index contributed by atoms with van der Waals surface area (Å²) in [5, 5.41) is 2.83. The summed E-state index contributed by atoms with van der Waals surface area (Å²) in [5.74, 6) is -0.332. The van der Waals surface area contributed by atoms with Crippen LogP contribution in [-0.2, 0) is 14.3 Å². The molecule has 1 aromatic rings. The van der Waals surface area contributed by atoms with Crippen LogP contribution in [0.4, 0.5) is 0 Å². The number of para-hydroxylation sites is 1. The molecule has 1 N–H and O–H groups in total. The van der Waals surface area contributed by atoms with E-state index >= 15 is 0 Å². The molecule has 1 rings (SSSR count). The lowest BCUT2D eigenvalue weighted by Gasteiger charge is -2.10.